The van der Waals surface area contributed by atoms with Crippen molar-refractivity contribution in [2.75, 3.05) is 0 Å². The number of benzene rings is 2. The van der Waals surface area contributed by atoms with E-state index >= 15 is 0 Å². The van der Waals surface area contributed by atoms with Gasteiger partial charge in [-0.15, -0.1) is 0 Å². The van der Waals surface area contributed by atoms with Crippen molar-refractivity contribution in [3.05, 3.63) is 56.7 Å². The first kappa shape index (κ1) is 14.0. The van der Waals surface area contributed by atoms with Gasteiger partial charge in [0.1, 0.15) is 17.3 Å². The van der Waals surface area contributed by atoms with Gasteiger partial charge in [-0.1, -0.05) is 47.8 Å². The second-order valence-corrected chi connectivity index (χ2v) is 5.98. The molecule has 18 heavy (non-hydrogen) atoms. The maximum absolute atomic E-state index is 13.3. The largest absolute Gasteiger partial charge is 0.457 e. The molecule has 0 heterocycles. The van der Waals surface area contributed by atoms with Crippen molar-refractivity contribution in [1.29, 1.82) is 0 Å². The van der Waals surface area contributed by atoms with Gasteiger partial charge in [-0.25, -0.2) is 4.39 Å². The zero-order valence-corrected chi connectivity index (χ0v) is 13.8. The molecule has 5 heteroatoms. The molecule has 2 rings (SSSR count). The van der Waals surface area contributed by atoms with Gasteiger partial charge < -0.3 is 4.74 Å². The Kier molecular flexibility index (Phi) is 4.81. The molecule has 0 spiro atoms. The lowest BCUT2D eigenvalue weighted by Crippen LogP contribution is -1.90. The van der Waals surface area contributed by atoms with Crippen LogP contribution in [0.15, 0.2) is 45.3 Å². The average Bonchev–Trinajstić information content (AvgIpc) is 2.30. The molecule has 0 radical (unpaired) electrons. The molecule has 0 aromatic heterocycles. The lowest BCUT2D eigenvalue weighted by molar-refractivity contribution is 0.472. The van der Waals surface area contributed by atoms with E-state index in [0.29, 0.717) is 21.3 Å². The Morgan fingerprint density at radius 1 is 1.00 bits per heavy atom. The van der Waals surface area contributed by atoms with Gasteiger partial charge in [0.15, 0.2) is 0 Å². The maximum atomic E-state index is 13.3. The van der Waals surface area contributed by atoms with Crippen molar-refractivity contribution < 1.29 is 9.13 Å². The Morgan fingerprint density at radius 3 is 2.44 bits per heavy atom. The van der Waals surface area contributed by atoms with E-state index in [1.807, 2.05) is 18.2 Å². The predicted molar refractivity (Wildman–Crippen MR) is 80.9 cm³/mol. The molecule has 0 aliphatic heterocycles. The molecular weight excluding hydrogens is 431 g/mol. The summed E-state index contributed by atoms with van der Waals surface area (Å²) in [5, 5.41) is 0.665. The van der Waals surface area contributed by atoms with Gasteiger partial charge in [0.2, 0.25) is 0 Å². The van der Waals surface area contributed by atoms with Crippen molar-refractivity contribution in [3.63, 3.8) is 0 Å². The molecule has 0 N–H and O–H groups in total. The average molecular weight is 439 g/mol. The lowest BCUT2D eigenvalue weighted by atomic mass is 10.2. The summed E-state index contributed by atoms with van der Waals surface area (Å²) < 4.78 is 20.6. The van der Waals surface area contributed by atoms with Gasteiger partial charge in [-0.3, -0.25) is 0 Å². The summed E-state index contributed by atoms with van der Waals surface area (Å²) in [6, 6.07) is 10.2. The third-order valence-electron chi connectivity index (χ3n) is 2.23. The number of halogens is 4. The van der Waals surface area contributed by atoms with Crippen molar-refractivity contribution in [1.82, 2.24) is 0 Å². The van der Waals surface area contributed by atoms with Gasteiger partial charge in [0.25, 0.3) is 0 Å². The van der Waals surface area contributed by atoms with E-state index in [1.54, 1.807) is 6.07 Å². The van der Waals surface area contributed by atoms with E-state index in [4.69, 9.17) is 4.74 Å². The van der Waals surface area contributed by atoms with Crippen LogP contribution in [-0.4, -0.2) is 0 Å². The van der Waals surface area contributed by atoms with Crippen LogP contribution in [0.4, 0.5) is 4.39 Å². The fourth-order valence-electron chi connectivity index (χ4n) is 1.47. The van der Waals surface area contributed by atoms with Crippen LogP contribution in [0.3, 0.4) is 0 Å². The number of rotatable bonds is 3. The summed E-state index contributed by atoms with van der Waals surface area (Å²) in [7, 11) is 0. The third-order valence-corrected chi connectivity index (χ3v) is 3.79. The minimum Gasteiger partial charge on any atom is -0.457 e. The van der Waals surface area contributed by atoms with Crippen molar-refractivity contribution >= 4 is 47.8 Å². The molecule has 0 saturated carbocycles. The fraction of sp³-hybridized carbons (Fsp3) is 0.0769. The van der Waals surface area contributed by atoms with Gasteiger partial charge in [0, 0.05) is 25.9 Å². The van der Waals surface area contributed by atoms with Crippen LogP contribution >= 0.6 is 47.8 Å². The van der Waals surface area contributed by atoms with Crippen LogP contribution in [0.1, 0.15) is 5.56 Å². The summed E-state index contributed by atoms with van der Waals surface area (Å²) in [5.74, 6) is 0.829. The zero-order valence-electron chi connectivity index (χ0n) is 9.09. The van der Waals surface area contributed by atoms with Crippen molar-refractivity contribution in [2.45, 2.75) is 5.33 Å². The molecule has 0 unspecified atom stereocenters. The third kappa shape index (κ3) is 3.56. The molecule has 0 aliphatic rings. The Labute approximate surface area is 130 Å². The lowest BCUT2D eigenvalue weighted by Gasteiger charge is -2.10. The Hall–Kier alpha value is -0.390. The van der Waals surface area contributed by atoms with E-state index in [1.165, 1.54) is 12.1 Å². The van der Waals surface area contributed by atoms with Crippen LogP contribution < -0.4 is 4.74 Å². The SMILES string of the molecule is Fc1cc(Br)cc(Oc2ccc(Br)cc2CBr)c1. The second-order valence-electron chi connectivity index (χ2n) is 3.59. The molecule has 2 aromatic carbocycles. The Bertz CT molecular complexity index is 552. The molecule has 94 valence electrons. The zero-order chi connectivity index (χ0) is 13.1. The van der Waals surface area contributed by atoms with Crippen LogP contribution in [-0.2, 0) is 5.33 Å². The molecule has 0 fully saturated rings. The summed E-state index contributed by atoms with van der Waals surface area (Å²) in [4.78, 5) is 0. The topological polar surface area (TPSA) is 9.23 Å². The van der Waals surface area contributed by atoms with Crippen LogP contribution in [0.5, 0.6) is 11.5 Å². The van der Waals surface area contributed by atoms with E-state index < -0.39 is 0 Å². The summed E-state index contributed by atoms with van der Waals surface area (Å²) >= 11 is 10.0. The highest BCUT2D eigenvalue weighted by molar-refractivity contribution is 9.10. The fourth-order valence-corrected chi connectivity index (χ4v) is 2.76. The first-order valence-corrected chi connectivity index (χ1v) is 7.77. The van der Waals surface area contributed by atoms with Crippen LogP contribution in [0.25, 0.3) is 0 Å². The Balaban J connectivity index is 2.33. The summed E-state index contributed by atoms with van der Waals surface area (Å²) in [5.41, 5.74) is 0.991. The number of hydrogen-bond donors (Lipinski definition) is 0. The molecule has 1 nitrogen and oxygen atoms in total. The first-order valence-electron chi connectivity index (χ1n) is 5.07. The van der Waals surface area contributed by atoms with Gasteiger partial charge in [0.05, 0.1) is 0 Å². The number of hydrogen-bond acceptors (Lipinski definition) is 1. The highest BCUT2D eigenvalue weighted by atomic mass is 79.9. The number of alkyl halides is 1. The molecule has 0 aliphatic carbocycles. The van der Waals surface area contributed by atoms with Gasteiger partial charge in [-0.05, 0) is 30.3 Å². The normalized spacial score (nSPS) is 10.4. The summed E-state index contributed by atoms with van der Waals surface area (Å²) in [6.07, 6.45) is 0. The second kappa shape index (κ2) is 6.17. The highest BCUT2D eigenvalue weighted by Gasteiger charge is 2.06. The molecular formula is C13H8Br3FO. The molecule has 0 saturated heterocycles. The smallest absolute Gasteiger partial charge is 0.131 e. The van der Waals surface area contributed by atoms with Crippen LogP contribution in [0.2, 0.25) is 0 Å². The molecule has 2 aromatic rings. The molecule has 0 atom stereocenters. The van der Waals surface area contributed by atoms with E-state index in [2.05, 4.69) is 47.8 Å². The van der Waals surface area contributed by atoms with Crippen LogP contribution in [0, 0.1) is 5.82 Å². The first-order chi connectivity index (χ1) is 8.58. The predicted octanol–water partition coefficient (Wildman–Crippen LogP) is 6.04. The van der Waals surface area contributed by atoms with E-state index in [9.17, 15) is 4.39 Å². The summed E-state index contributed by atoms with van der Waals surface area (Å²) in [6.45, 7) is 0. The van der Waals surface area contributed by atoms with E-state index in [-0.39, 0.29) is 5.82 Å². The Morgan fingerprint density at radius 2 is 1.78 bits per heavy atom. The van der Waals surface area contributed by atoms with Gasteiger partial charge >= 0.3 is 0 Å². The number of ether oxygens (including phenoxy) is 1. The van der Waals surface area contributed by atoms with Crippen molar-refractivity contribution in [3.8, 4) is 11.5 Å². The monoisotopic (exact) mass is 436 g/mol. The van der Waals surface area contributed by atoms with Crippen molar-refractivity contribution in [2.24, 2.45) is 0 Å². The maximum Gasteiger partial charge on any atom is 0.131 e. The van der Waals surface area contributed by atoms with Gasteiger partial charge in [-0.2, -0.15) is 0 Å². The van der Waals surface area contributed by atoms with E-state index in [0.717, 1.165) is 10.0 Å². The minimum atomic E-state index is -0.336. The highest BCUT2D eigenvalue weighted by Crippen LogP contribution is 2.31. The molecule has 0 amide bonds. The standard InChI is InChI=1S/C13H8Br3FO/c14-7-8-3-9(15)1-2-13(8)18-12-5-10(16)4-11(17)6-12/h1-6H,7H2. The quantitative estimate of drug-likeness (QED) is 0.531. The molecule has 0 bridgehead atoms. The minimum absolute atomic E-state index is 0.336.